The number of aliphatic carboxylic acids is 1. The molecule has 0 spiro atoms. The summed E-state index contributed by atoms with van der Waals surface area (Å²) in [5.41, 5.74) is 6.01. The first-order valence-electron chi connectivity index (χ1n) is 11.9. The van der Waals surface area contributed by atoms with E-state index in [1.165, 1.54) is 10.9 Å². The van der Waals surface area contributed by atoms with Crippen LogP contribution in [0.15, 0.2) is 12.7 Å². The summed E-state index contributed by atoms with van der Waals surface area (Å²) in [4.78, 5) is 74.2. The lowest BCUT2D eigenvalue weighted by Crippen LogP contribution is -2.35. The summed E-state index contributed by atoms with van der Waals surface area (Å²) in [7, 11) is -10.0. The summed E-state index contributed by atoms with van der Waals surface area (Å²) in [6.07, 6.45) is -4.88. The zero-order chi connectivity index (χ0) is 31.1. The Hall–Kier alpha value is -2.55. The summed E-state index contributed by atoms with van der Waals surface area (Å²) >= 11 is 0.853. The number of aromatic nitrogens is 4. The average molecular weight is 658 g/mol. The molecule has 3 rings (SSSR count). The molecule has 8 N–H and O–H groups in total. The number of carboxylic acids is 1. The van der Waals surface area contributed by atoms with Crippen LogP contribution in [0, 0.1) is 0 Å². The van der Waals surface area contributed by atoms with Gasteiger partial charge in [-0.1, -0.05) is 11.8 Å². The van der Waals surface area contributed by atoms with Gasteiger partial charge in [-0.15, -0.1) is 0 Å². The number of nitrogens with two attached hydrogens (primary N) is 1. The van der Waals surface area contributed by atoms with Crippen LogP contribution in [-0.4, -0.2) is 105 Å². The van der Waals surface area contributed by atoms with Gasteiger partial charge in [0.05, 0.1) is 32.4 Å². The van der Waals surface area contributed by atoms with E-state index < -0.39 is 65.3 Å². The molecular formula is C19H28N6O14P2S. The third-order valence-corrected chi connectivity index (χ3v) is 7.88. The number of aliphatic hydroxyl groups is 1. The molecule has 5 atom stereocenters. The molecule has 0 aromatic carbocycles. The van der Waals surface area contributed by atoms with Crippen LogP contribution >= 0.6 is 27.4 Å². The number of fused-ring (bicyclic) bond motifs is 1. The van der Waals surface area contributed by atoms with E-state index in [9.17, 15) is 43.3 Å². The van der Waals surface area contributed by atoms with Crippen LogP contribution in [0.2, 0.25) is 0 Å². The smallest absolute Gasteiger partial charge is 0.472 e. The summed E-state index contributed by atoms with van der Waals surface area (Å²) in [6.45, 7) is -1.33. The zero-order valence-electron chi connectivity index (χ0n) is 21.5. The molecule has 5 unspecified atom stereocenters. The molecule has 0 saturated carbocycles. The molecule has 234 valence electrons. The van der Waals surface area contributed by atoms with Gasteiger partial charge < -0.3 is 40.7 Å². The maximum atomic E-state index is 12.3. The Morgan fingerprint density at radius 3 is 2.55 bits per heavy atom. The number of amides is 1. The van der Waals surface area contributed by atoms with Crippen molar-refractivity contribution in [3.05, 3.63) is 12.7 Å². The number of hydrogen-bond donors (Lipinski definition) is 7. The van der Waals surface area contributed by atoms with Gasteiger partial charge in [0.15, 0.2) is 22.8 Å². The standard InChI is InChI=1S/C19H28N6O14P2S/c20-17-14-18(23-8-22-17)25(9-24-14)19-15(30)16(39-40(31,32)33)10(38-19)7-37-41(34,35)36-5-3-11(26)21-4-6-42-13(29)2-1-12(27)28/h8-10,15-16,19,30H,1-7H2,(H,21,26)(H,27,28)(H,34,35)(H2,20,22,23)(H2,31,32,33). The summed E-state index contributed by atoms with van der Waals surface area (Å²) in [6, 6.07) is 0. The first kappa shape index (κ1) is 33.9. The number of hydrogen-bond acceptors (Lipinski definition) is 15. The van der Waals surface area contributed by atoms with E-state index in [4.69, 9.17) is 24.6 Å². The second-order valence-electron chi connectivity index (χ2n) is 8.51. The second kappa shape index (κ2) is 14.8. The van der Waals surface area contributed by atoms with Crippen molar-refractivity contribution in [3.8, 4) is 0 Å². The number of aliphatic hydroxyl groups excluding tert-OH is 1. The third kappa shape index (κ3) is 10.0. The maximum absolute atomic E-state index is 12.3. The number of carboxylic acid groups (broad SMARTS) is 1. The summed E-state index contributed by atoms with van der Waals surface area (Å²) in [5.74, 6) is -1.47. The molecule has 2 aromatic heterocycles. The third-order valence-electron chi connectivity index (χ3n) is 5.45. The number of imidazole rings is 1. The minimum absolute atomic E-state index is 0.0168. The van der Waals surface area contributed by atoms with Gasteiger partial charge in [-0.05, 0) is 0 Å². The molecule has 20 nitrogen and oxygen atoms in total. The van der Waals surface area contributed by atoms with E-state index in [2.05, 4.69) is 24.8 Å². The van der Waals surface area contributed by atoms with E-state index in [0.717, 1.165) is 18.1 Å². The molecule has 42 heavy (non-hydrogen) atoms. The number of rotatable bonds is 16. The van der Waals surface area contributed by atoms with Gasteiger partial charge in [0.25, 0.3) is 0 Å². The molecule has 1 saturated heterocycles. The second-order valence-corrected chi connectivity index (χ2v) is 12.3. The normalized spacial score (nSPS) is 22.2. The lowest BCUT2D eigenvalue weighted by Gasteiger charge is -2.21. The highest BCUT2D eigenvalue weighted by Gasteiger charge is 2.49. The van der Waals surface area contributed by atoms with Gasteiger partial charge in [-0.25, -0.2) is 24.1 Å². The minimum atomic E-state index is -5.18. The van der Waals surface area contributed by atoms with Gasteiger partial charge in [0, 0.05) is 18.7 Å². The van der Waals surface area contributed by atoms with E-state index in [1.54, 1.807) is 0 Å². The molecule has 1 aliphatic heterocycles. The quantitative estimate of drug-likeness (QED) is 0.0832. The predicted octanol–water partition coefficient (Wildman–Crippen LogP) is -1.09. The van der Waals surface area contributed by atoms with Crippen molar-refractivity contribution < 1.29 is 66.7 Å². The Morgan fingerprint density at radius 1 is 1.12 bits per heavy atom. The fourth-order valence-corrected chi connectivity index (χ4v) is 5.60. The van der Waals surface area contributed by atoms with Crippen LogP contribution < -0.4 is 11.1 Å². The number of phosphoric acid groups is 2. The number of ether oxygens (including phenoxy) is 1. The minimum Gasteiger partial charge on any atom is -0.481 e. The van der Waals surface area contributed by atoms with Crippen molar-refractivity contribution in [1.29, 1.82) is 0 Å². The Morgan fingerprint density at radius 2 is 1.86 bits per heavy atom. The molecule has 1 aliphatic rings. The number of nitrogen functional groups attached to an aromatic ring is 1. The van der Waals surface area contributed by atoms with Crippen molar-refractivity contribution in [2.24, 2.45) is 0 Å². The predicted molar refractivity (Wildman–Crippen MR) is 140 cm³/mol. The van der Waals surface area contributed by atoms with E-state index in [1.807, 2.05) is 0 Å². The van der Waals surface area contributed by atoms with E-state index in [0.29, 0.717) is 0 Å². The van der Waals surface area contributed by atoms with Crippen molar-refractivity contribution in [3.63, 3.8) is 0 Å². The highest BCUT2D eigenvalue weighted by Crippen LogP contribution is 2.47. The van der Waals surface area contributed by atoms with Crippen LogP contribution in [0.25, 0.3) is 11.2 Å². The summed E-state index contributed by atoms with van der Waals surface area (Å²) < 4.78 is 44.9. The fourth-order valence-electron chi connectivity index (χ4n) is 3.61. The molecule has 0 bridgehead atoms. The average Bonchev–Trinajstić information content (AvgIpc) is 3.45. The number of carbonyl (C=O) groups excluding carboxylic acids is 2. The van der Waals surface area contributed by atoms with E-state index in [-0.39, 0.29) is 53.7 Å². The van der Waals surface area contributed by atoms with Crippen LogP contribution in [0.1, 0.15) is 25.5 Å². The lowest BCUT2D eigenvalue weighted by atomic mass is 10.1. The monoisotopic (exact) mass is 658 g/mol. The van der Waals surface area contributed by atoms with Crippen molar-refractivity contribution in [2.75, 3.05) is 31.2 Å². The maximum Gasteiger partial charge on any atom is 0.472 e. The molecular weight excluding hydrogens is 630 g/mol. The topological polar surface area (TPSA) is 305 Å². The number of nitrogens with one attached hydrogen (secondary N) is 1. The van der Waals surface area contributed by atoms with Crippen LogP contribution in [0.3, 0.4) is 0 Å². The number of anilines is 1. The molecule has 0 aliphatic carbocycles. The highest BCUT2D eigenvalue weighted by atomic mass is 32.2. The van der Waals surface area contributed by atoms with Gasteiger partial charge in [0.1, 0.15) is 30.2 Å². The highest BCUT2D eigenvalue weighted by molar-refractivity contribution is 8.13. The Kier molecular flexibility index (Phi) is 11.9. The van der Waals surface area contributed by atoms with Crippen molar-refractivity contribution in [2.45, 2.75) is 43.8 Å². The Labute approximate surface area is 240 Å². The van der Waals surface area contributed by atoms with Crippen molar-refractivity contribution in [1.82, 2.24) is 24.8 Å². The first-order chi connectivity index (χ1) is 19.7. The van der Waals surface area contributed by atoms with Gasteiger partial charge >= 0.3 is 21.6 Å². The fraction of sp³-hybridized carbons (Fsp3) is 0.579. The molecule has 2 aromatic rings. The van der Waals surface area contributed by atoms with Crippen molar-refractivity contribution >= 4 is 61.4 Å². The van der Waals surface area contributed by atoms with Gasteiger partial charge in [0.2, 0.25) is 5.91 Å². The number of carbonyl (C=O) groups is 3. The van der Waals surface area contributed by atoms with Gasteiger partial charge in [-0.3, -0.25) is 32.5 Å². The largest absolute Gasteiger partial charge is 0.481 e. The molecule has 3 heterocycles. The van der Waals surface area contributed by atoms with Crippen LogP contribution in [-0.2, 0) is 41.8 Å². The first-order valence-corrected chi connectivity index (χ1v) is 15.9. The molecule has 1 fully saturated rings. The molecule has 0 radical (unpaired) electrons. The molecule has 1 amide bonds. The Balaban J connectivity index is 1.50. The summed E-state index contributed by atoms with van der Waals surface area (Å²) in [5, 5.41) is 21.4. The van der Waals surface area contributed by atoms with Gasteiger partial charge in [-0.2, -0.15) is 0 Å². The number of nitrogens with zero attached hydrogens (tertiary/aromatic N) is 4. The number of thioether (sulfide) groups is 1. The lowest BCUT2D eigenvalue weighted by molar-refractivity contribution is -0.138. The van der Waals surface area contributed by atoms with Crippen LogP contribution in [0.4, 0.5) is 5.82 Å². The SMILES string of the molecule is Nc1ncnc2c1ncn2C1OC(COP(=O)(O)OCCC(=O)NCCSC(=O)CCC(=O)O)C(OP(=O)(O)O)C1O. The Bertz CT molecular complexity index is 1370. The van der Waals surface area contributed by atoms with E-state index >= 15 is 0 Å². The van der Waals surface area contributed by atoms with Crippen LogP contribution in [0.5, 0.6) is 0 Å². The molecule has 23 heteroatoms. The number of phosphoric ester groups is 2. The zero-order valence-corrected chi connectivity index (χ0v) is 24.1.